The lowest BCUT2D eigenvalue weighted by Gasteiger charge is -2.08. The first-order valence-electron chi connectivity index (χ1n) is 4.42. The molecule has 0 fully saturated rings. The second-order valence-corrected chi connectivity index (χ2v) is 3.34. The summed E-state index contributed by atoms with van der Waals surface area (Å²) in [5, 5.41) is 7.69. The van der Waals surface area contributed by atoms with Crippen LogP contribution >= 0.6 is 0 Å². The second-order valence-electron chi connectivity index (χ2n) is 3.34. The van der Waals surface area contributed by atoms with Crippen LogP contribution < -0.4 is 5.73 Å². The Hall–Kier alpha value is -1.84. The number of hydrogen-bond acceptors (Lipinski definition) is 3. The van der Waals surface area contributed by atoms with Crippen LogP contribution in [-0.4, -0.2) is 15.0 Å². The Morgan fingerprint density at radius 3 is 2.64 bits per heavy atom. The molecule has 4 nitrogen and oxygen atoms in total. The lowest BCUT2D eigenvalue weighted by atomic mass is 10.1. The summed E-state index contributed by atoms with van der Waals surface area (Å²) >= 11 is 0. The number of nitrogens with zero attached hydrogens (tertiary/aromatic N) is 3. The van der Waals surface area contributed by atoms with Gasteiger partial charge in [-0.3, -0.25) is 0 Å². The van der Waals surface area contributed by atoms with E-state index < -0.39 is 0 Å². The minimum atomic E-state index is 0.779. The first-order chi connectivity index (χ1) is 6.68. The molecule has 0 spiro atoms. The molecule has 2 rings (SSSR count). The third-order valence-corrected chi connectivity index (χ3v) is 2.25. The fourth-order valence-electron chi connectivity index (χ4n) is 1.44. The summed E-state index contributed by atoms with van der Waals surface area (Å²) < 4.78 is 1.71. The zero-order chi connectivity index (χ0) is 10.1. The molecule has 0 atom stereocenters. The van der Waals surface area contributed by atoms with Crippen LogP contribution in [0.3, 0.4) is 0 Å². The number of rotatable bonds is 1. The van der Waals surface area contributed by atoms with Gasteiger partial charge in [0.2, 0.25) is 0 Å². The number of hydrogen-bond donors (Lipinski definition) is 1. The average molecular weight is 188 g/mol. The van der Waals surface area contributed by atoms with Crippen LogP contribution in [0.4, 0.5) is 5.69 Å². The molecule has 72 valence electrons. The highest BCUT2D eigenvalue weighted by Crippen LogP contribution is 2.20. The van der Waals surface area contributed by atoms with Crippen LogP contribution in [0.15, 0.2) is 24.5 Å². The van der Waals surface area contributed by atoms with E-state index in [4.69, 9.17) is 5.73 Å². The van der Waals surface area contributed by atoms with Crippen molar-refractivity contribution in [1.82, 2.24) is 15.0 Å². The van der Waals surface area contributed by atoms with Crippen molar-refractivity contribution in [2.75, 3.05) is 5.73 Å². The monoisotopic (exact) mass is 188 g/mol. The van der Waals surface area contributed by atoms with E-state index in [1.165, 1.54) is 0 Å². The Bertz CT molecular complexity index is 445. The van der Waals surface area contributed by atoms with Gasteiger partial charge in [0, 0.05) is 5.69 Å². The van der Waals surface area contributed by atoms with Crippen molar-refractivity contribution in [2.45, 2.75) is 13.8 Å². The summed E-state index contributed by atoms with van der Waals surface area (Å²) in [4.78, 5) is 0. The number of nitrogen functional groups attached to an aromatic ring is 1. The van der Waals surface area contributed by atoms with Gasteiger partial charge in [-0.15, -0.1) is 5.10 Å². The normalized spacial score (nSPS) is 10.4. The van der Waals surface area contributed by atoms with Crippen LogP contribution in [0.1, 0.15) is 11.1 Å². The Balaban J connectivity index is 2.60. The quantitative estimate of drug-likeness (QED) is 0.689. The van der Waals surface area contributed by atoms with Crippen molar-refractivity contribution in [2.24, 2.45) is 0 Å². The zero-order valence-corrected chi connectivity index (χ0v) is 8.23. The van der Waals surface area contributed by atoms with Gasteiger partial charge in [-0.1, -0.05) is 11.3 Å². The molecule has 0 aliphatic heterocycles. The molecule has 0 unspecified atom stereocenters. The van der Waals surface area contributed by atoms with E-state index >= 15 is 0 Å². The standard InChI is InChI=1S/C10H12N4/c1-7-5-8(2)10(6-9(7)11)14-4-3-12-13-14/h3-6H,11H2,1-2H3. The first kappa shape index (κ1) is 8.74. The van der Waals surface area contributed by atoms with Gasteiger partial charge < -0.3 is 5.73 Å². The van der Waals surface area contributed by atoms with Crippen molar-refractivity contribution in [3.8, 4) is 5.69 Å². The molecule has 0 aliphatic carbocycles. The summed E-state index contributed by atoms with van der Waals surface area (Å²) in [6.45, 7) is 4.02. The first-order valence-corrected chi connectivity index (χ1v) is 4.42. The second kappa shape index (κ2) is 3.14. The molecule has 0 saturated heterocycles. The minimum Gasteiger partial charge on any atom is -0.398 e. The smallest absolute Gasteiger partial charge is 0.0713 e. The van der Waals surface area contributed by atoms with Crippen molar-refractivity contribution < 1.29 is 0 Å². The fourth-order valence-corrected chi connectivity index (χ4v) is 1.44. The Labute approximate surface area is 82.4 Å². The average Bonchev–Trinajstić information content (AvgIpc) is 2.64. The molecule has 4 heteroatoms. The van der Waals surface area contributed by atoms with Crippen LogP contribution in [0.25, 0.3) is 5.69 Å². The highest BCUT2D eigenvalue weighted by atomic mass is 15.4. The minimum absolute atomic E-state index is 0.779. The maximum Gasteiger partial charge on any atom is 0.0713 e. The molecule has 0 radical (unpaired) electrons. The van der Waals surface area contributed by atoms with E-state index in [2.05, 4.69) is 10.3 Å². The number of nitrogens with two attached hydrogens (primary N) is 1. The molecule has 0 saturated carbocycles. The number of aromatic nitrogens is 3. The zero-order valence-electron chi connectivity index (χ0n) is 8.23. The molecular formula is C10H12N4. The Morgan fingerprint density at radius 2 is 2.00 bits per heavy atom. The molecule has 14 heavy (non-hydrogen) atoms. The van der Waals surface area contributed by atoms with E-state index in [1.54, 1.807) is 17.1 Å². The summed E-state index contributed by atoms with van der Waals surface area (Å²) in [5.41, 5.74) is 9.82. The van der Waals surface area contributed by atoms with E-state index in [0.717, 1.165) is 22.5 Å². The van der Waals surface area contributed by atoms with Gasteiger partial charge in [-0.25, -0.2) is 4.68 Å². The lowest BCUT2D eigenvalue weighted by Crippen LogP contribution is -2.01. The van der Waals surface area contributed by atoms with Crippen molar-refractivity contribution >= 4 is 5.69 Å². The van der Waals surface area contributed by atoms with E-state index in [0.29, 0.717) is 0 Å². The maximum atomic E-state index is 5.83. The van der Waals surface area contributed by atoms with Crippen LogP contribution in [0, 0.1) is 13.8 Å². The van der Waals surface area contributed by atoms with Crippen LogP contribution in [-0.2, 0) is 0 Å². The highest BCUT2D eigenvalue weighted by molar-refractivity contribution is 5.56. The maximum absolute atomic E-state index is 5.83. The molecule has 0 aliphatic rings. The summed E-state index contributed by atoms with van der Waals surface area (Å²) in [7, 11) is 0. The highest BCUT2D eigenvalue weighted by Gasteiger charge is 2.04. The van der Waals surface area contributed by atoms with E-state index in [9.17, 15) is 0 Å². The largest absolute Gasteiger partial charge is 0.398 e. The molecule has 1 aromatic carbocycles. The molecule has 1 aromatic heterocycles. The Kier molecular flexibility index (Phi) is 1.96. The predicted octanol–water partition coefficient (Wildman–Crippen LogP) is 1.47. The van der Waals surface area contributed by atoms with Crippen molar-refractivity contribution in [3.63, 3.8) is 0 Å². The van der Waals surface area contributed by atoms with Gasteiger partial charge >= 0.3 is 0 Å². The predicted molar refractivity (Wildman–Crippen MR) is 55.2 cm³/mol. The molecule has 0 amide bonds. The topological polar surface area (TPSA) is 56.7 Å². The SMILES string of the molecule is Cc1cc(C)c(-n2ccnn2)cc1N. The van der Waals surface area contributed by atoms with Crippen LogP contribution in [0.2, 0.25) is 0 Å². The van der Waals surface area contributed by atoms with E-state index in [1.807, 2.05) is 26.0 Å². The molecule has 2 N–H and O–H groups in total. The Morgan fingerprint density at radius 1 is 1.21 bits per heavy atom. The van der Waals surface area contributed by atoms with E-state index in [-0.39, 0.29) is 0 Å². The van der Waals surface area contributed by atoms with Crippen molar-refractivity contribution in [3.05, 3.63) is 35.7 Å². The summed E-state index contributed by atoms with van der Waals surface area (Å²) in [6.07, 6.45) is 3.45. The molecule has 1 heterocycles. The number of anilines is 1. The van der Waals surface area contributed by atoms with Gasteiger partial charge in [0.05, 0.1) is 18.1 Å². The van der Waals surface area contributed by atoms with Gasteiger partial charge in [0.15, 0.2) is 0 Å². The van der Waals surface area contributed by atoms with Crippen molar-refractivity contribution in [1.29, 1.82) is 0 Å². The van der Waals surface area contributed by atoms with Gasteiger partial charge in [-0.05, 0) is 31.0 Å². The summed E-state index contributed by atoms with van der Waals surface area (Å²) in [5.74, 6) is 0. The molecule has 2 aromatic rings. The molecular weight excluding hydrogens is 176 g/mol. The molecule has 0 bridgehead atoms. The third kappa shape index (κ3) is 1.35. The summed E-state index contributed by atoms with van der Waals surface area (Å²) in [6, 6.07) is 3.96. The number of aryl methyl sites for hydroxylation is 2. The fraction of sp³-hybridized carbons (Fsp3) is 0.200. The van der Waals surface area contributed by atoms with Gasteiger partial charge in [0.1, 0.15) is 0 Å². The number of benzene rings is 1. The van der Waals surface area contributed by atoms with Crippen LogP contribution in [0.5, 0.6) is 0 Å². The van der Waals surface area contributed by atoms with Gasteiger partial charge in [-0.2, -0.15) is 0 Å². The van der Waals surface area contributed by atoms with Gasteiger partial charge in [0.25, 0.3) is 0 Å². The third-order valence-electron chi connectivity index (χ3n) is 2.25. The lowest BCUT2D eigenvalue weighted by molar-refractivity contribution is 0.798.